The van der Waals surface area contributed by atoms with E-state index in [2.05, 4.69) is 6.07 Å². The molecule has 2 unspecified atom stereocenters. The van der Waals surface area contributed by atoms with Gasteiger partial charge in [-0.3, -0.25) is 0 Å². The molecule has 0 aromatic heterocycles. The summed E-state index contributed by atoms with van der Waals surface area (Å²) >= 11 is 0. The average molecular weight is 204 g/mol. The molecule has 1 aliphatic carbocycles. The zero-order valence-corrected chi connectivity index (χ0v) is 8.73. The number of aliphatic hydroxyl groups excluding tert-OH is 1. The van der Waals surface area contributed by atoms with Gasteiger partial charge in [0.1, 0.15) is 11.9 Å². The van der Waals surface area contributed by atoms with Gasteiger partial charge in [0.25, 0.3) is 0 Å². The lowest BCUT2D eigenvalue weighted by molar-refractivity contribution is -0.0180. The van der Waals surface area contributed by atoms with E-state index in [-0.39, 0.29) is 12.2 Å². The third-order valence-corrected chi connectivity index (χ3v) is 3.69. The Balaban J connectivity index is 1.72. The maximum Gasteiger partial charge on any atom is 0.129 e. The third kappa shape index (κ3) is 1.53. The molecule has 1 aliphatic heterocycles. The summed E-state index contributed by atoms with van der Waals surface area (Å²) in [6, 6.07) is 8.09. The van der Waals surface area contributed by atoms with Crippen LogP contribution in [0.4, 0.5) is 0 Å². The molecule has 0 radical (unpaired) electrons. The highest BCUT2D eigenvalue weighted by Crippen LogP contribution is 2.36. The molecular formula is C13H16O2. The highest BCUT2D eigenvalue weighted by atomic mass is 16.5. The van der Waals surface area contributed by atoms with Crippen LogP contribution in [0.5, 0.6) is 5.75 Å². The fraction of sp³-hybridized carbons (Fsp3) is 0.538. The van der Waals surface area contributed by atoms with Crippen molar-refractivity contribution in [3.8, 4) is 5.75 Å². The fourth-order valence-corrected chi connectivity index (χ4v) is 2.48. The van der Waals surface area contributed by atoms with Crippen LogP contribution in [0.15, 0.2) is 24.3 Å². The number of hydrogen-bond acceptors (Lipinski definition) is 2. The van der Waals surface area contributed by atoms with Crippen molar-refractivity contribution < 1.29 is 9.84 Å². The molecule has 1 fully saturated rings. The van der Waals surface area contributed by atoms with Gasteiger partial charge in [0, 0.05) is 6.42 Å². The van der Waals surface area contributed by atoms with Gasteiger partial charge >= 0.3 is 0 Å². The Morgan fingerprint density at radius 1 is 1.27 bits per heavy atom. The van der Waals surface area contributed by atoms with Crippen LogP contribution in [0.25, 0.3) is 0 Å². The van der Waals surface area contributed by atoms with Crippen LogP contribution in [-0.2, 0) is 6.42 Å². The minimum absolute atomic E-state index is 0.00676. The van der Waals surface area contributed by atoms with Gasteiger partial charge in [0.2, 0.25) is 0 Å². The Kier molecular flexibility index (Phi) is 2.17. The molecule has 1 saturated carbocycles. The first kappa shape index (κ1) is 9.22. The second-order valence-electron chi connectivity index (χ2n) is 4.65. The summed E-state index contributed by atoms with van der Waals surface area (Å²) < 4.78 is 5.78. The molecule has 1 aromatic carbocycles. The fourth-order valence-electron chi connectivity index (χ4n) is 2.48. The molecular weight excluding hydrogens is 188 g/mol. The van der Waals surface area contributed by atoms with Gasteiger partial charge in [0.05, 0.1) is 6.10 Å². The van der Waals surface area contributed by atoms with Crippen LogP contribution >= 0.6 is 0 Å². The summed E-state index contributed by atoms with van der Waals surface area (Å²) in [6.45, 7) is 0. The molecule has 3 rings (SSSR count). The van der Waals surface area contributed by atoms with E-state index < -0.39 is 0 Å². The third-order valence-electron chi connectivity index (χ3n) is 3.69. The van der Waals surface area contributed by atoms with Crippen LogP contribution in [-0.4, -0.2) is 17.3 Å². The SMILES string of the molecule is OC(C1CCC1)C1Cc2ccccc2O1. The van der Waals surface area contributed by atoms with Gasteiger partial charge in [-0.1, -0.05) is 24.6 Å². The van der Waals surface area contributed by atoms with Crippen LogP contribution < -0.4 is 4.74 Å². The van der Waals surface area contributed by atoms with E-state index >= 15 is 0 Å². The van der Waals surface area contributed by atoms with Crippen molar-refractivity contribution in [3.05, 3.63) is 29.8 Å². The topological polar surface area (TPSA) is 29.5 Å². The molecule has 0 amide bonds. The normalized spacial score (nSPS) is 26.6. The van der Waals surface area contributed by atoms with E-state index in [1.165, 1.54) is 12.0 Å². The molecule has 1 heterocycles. The summed E-state index contributed by atoms with van der Waals surface area (Å²) in [5.41, 5.74) is 1.24. The van der Waals surface area contributed by atoms with Crippen LogP contribution in [0.2, 0.25) is 0 Å². The van der Waals surface area contributed by atoms with Crippen molar-refractivity contribution in [1.82, 2.24) is 0 Å². The van der Waals surface area contributed by atoms with Crippen molar-refractivity contribution in [2.24, 2.45) is 5.92 Å². The van der Waals surface area contributed by atoms with Gasteiger partial charge in [-0.25, -0.2) is 0 Å². The van der Waals surface area contributed by atoms with Crippen LogP contribution in [0, 0.1) is 5.92 Å². The maximum absolute atomic E-state index is 10.1. The van der Waals surface area contributed by atoms with Crippen molar-refractivity contribution >= 4 is 0 Å². The number of benzene rings is 1. The quantitative estimate of drug-likeness (QED) is 0.799. The zero-order valence-electron chi connectivity index (χ0n) is 8.73. The van der Waals surface area contributed by atoms with Crippen LogP contribution in [0.1, 0.15) is 24.8 Å². The van der Waals surface area contributed by atoms with Gasteiger partial charge in [-0.15, -0.1) is 0 Å². The Labute approximate surface area is 89.9 Å². The Morgan fingerprint density at radius 2 is 2.07 bits per heavy atom. The largest absolute Gasteiger partial charge is 0.487 e. The number of rotatable bonds is 2. The number of ether oxygens (including phenoxy) is 1. The summed E-state index contributed by atoms with van der Waals surface area (Å²) in [6.07, 6.45) is 4.18. The summed E-state index contributed by atoms with van der Waals surface area (Å²) in [4.78, 5) is 0. The highest BCUT2D eigenvalue weighted by Gasteiger charge is 2.36. The highest BCUT2D eigenvalue weighted by molar-refractivity contribution is 5.37. The van der Waals surface area contributed by atoms with Gasteiger partial charge in [-0.2, -0.15) is 0 Å². The predicted molar refractivity (Wildman–Crippen MR) is 57.9 cm³/mol. The Hall–Kier alpha value is -1.02. The number of fused-ring (bicyclic) bond motifs is 1. The molecule has 1 aromatic rings. The van der Waals surface area contributed by atoms with E-state index in [9.17, 15) is 5.11 Å². The van der Waals surface area contributed by atoms with Crippen LogP contribution in [0.3, 0.4) is 0 Å². The first-order valence-electron chi connectivity index (χ1n) is 5.77. The molecule has 0 saturated heterocycles. The summed E-state index contributed by atoms with van der Waals surface area (Å²) in [5.74, 6) is 1.44. The van der Waals surface area contributed by atoms with E-state index in [1.807, 2.05) is 18.2 Å². The second-order valence-corrected chi connectivity index (χ2v) is 4.65. The first-order valence-corrected chi connectivity index (χ1v) is 5.77. The average Bonchev–Trinajstić information content (AvgIpc) is 2.58. The number of hydrogen-bond donors (Lipinski definition) is 1. The van der Waals surface area contributed by atoms with Gasteiger partial charge in [0.15, 0.2) is 0 Å². The summed E-state index contributed by atoms with van der Waals surface area (Å²) in [7, 11) is 0. The smallest absolute Gasteiger partial charge is 0.129 e. The van der Waals surface area contributed by atoms with E-state index in [0.717, 1.165) is 25.0 Å². The van der Waals surface area contributed by atoms with Gasteiger partial charge < -0.3 is 9.84 Å². The lowest BCUT2D eigenvalue weighted by Crippen LogP contribution is -2.39. The monoisotopic (exact) mass is 204 g/mol. The van der Waals surface area contributed by atoms with E-state index in [4.69, 9.17) is 4.74 Å². The first-order chi connectivity index (χ1) is 7.34. The van der Waals surface area contributed by atoms with Crippen molar-refractivity contribution in [2.45, 2.75) is 37.9 Å². The lowest BCUT2D eigenvalue weighted by atomic mass is 9.79. The Bertz CT molecular complexity index is 332. The maximum atomic E-state index is 10.1. The Morgan fingerprint density at radius 3 is 2.73 bits per heavy atom. The molecule has 2 nitrogen and oxygen atoms in total. The lowest BCUT2D eigenvalue weighted by Gasteiger charge is -2.33. The standard InChI is InChI=1S/C13H16O2/c14-13(9-5-3-6-9)12-8-10-4-1-2-7-11(10)15-12/h1-2,4,7,9,12-14H,3,5-6,8H2. The molecule has 2 aliphatic rings. The second kappa shape index (κ2) is 3.53. The van der Waals surface area contributed by atoms with Crippen molar-refractivity contribution in [1.29, 1.82) is 0 Å². The number of aliphatic hydroxyl groups is 1. The molecule has 2 heteroatoms. The minimum Gasteiger partial charge on any atom is -0.487 e. The number of para-hydroxylation sites is 1. The predicted octanol–water partition coefficient (Wildman–Crippen LogP) is 2.15. The summed E-state index contributed by atoms with van der Waals surface area (Å²) in [5, 5.41) is 10.1. The molecule has 0 bridgehead atoms. The van der Waals surface area contributed by atoms with E-state index in [1.54, 1.807) is 0 Å². The molecule has 0 spiro atoms. The molecule has 15 heavy (non-hydrogen) atoms. The molecule has 2 atom stereocenters. The van der Waals surface area contributed by atoms with Gasteiger partial charge in [-0.05, 0) is 30.4 Å². The zero-order chi connectivity index (χ0) is 10.3. The van der Waals surface area contributed by atoms with E-state index in [0.29, 0.717) is 5.92 Å². The molecule has 1 N–H and O–H groups in total. The van der Waals surface area contributed by atoms with Crippen molar-refractivity contribution in [2.75, 3.05) is 0 Å². The molecule has 80 valence electrons. The van der Waals surface area contributed by atoms with Crippen molar-refractivity contribution in [3.63, 3.8) is 0 Å². The minimum atomic E-state index is -0.272.